The number of aromatic nitrogens is 5. The van der Waals surface area contributed by atoms with Crippen LogP contribution in [0.1, 0.15) is 53.6 Å². The van der Waals surface area contributed by atoms with E-state index in [2.05, 4.69) is 30.7 Å². The molecule has 4 aromatic rings. The first-order valence-electron chi connectivity index (χ1n) is 11.2. The van der Waals surface area contributed by atoms with Gasteiger partial charge in [0.2, 0.25) is 5.91 Å². The van der Waals surface area contributed by atoms with Crippen molar-refractivity contribution < 1.29 is 9.59 Å². The molecule has 2 amide bonds. The lowest BCUT2D eigenvalue weighted by atomic mass is 10.1. The van der Waals surface area contributed by atoms with E-state index >= 15 is 0 Å². The van der Waals surface area contributed by atoms with E-state index in [4.69, 9.17) is 0 Å². The molecule has 9 nitrogen and oxygen atoms in total. The number of carbonyl (C=O) groups is 2. The molecule has 3 aromatic heterocycles. The molecule has 0 fully saturated rings. The van der Waals surface area contributed by atoms with Gasteiger partial charge >= 0.3 is 0 Å². The number of benzene rings is 1. The highest BCUT2D eigenvalue weighted by Crippen LogP contribution is 2.25. The summed E-state index contributed by atoms with van der Waals surface area (Å²) >= 11 is 1.30. The largest absolute Gasteiger partial charge is 0.359 e. The van der Waals surface area contributed by atoms with Gasteiger partial charge in [-0.05, 0) is 31.0 Å². The Morgan fingerprint density at radius 3 is 2.85 bits per heavy atom. The molecular formula is C24H27N7O2S. The van der Waals surface area contributed by atoms with Crippen LogP contribution in [0.2, 0.25) is 0 Å². The van der Waals surface area contributed by atoms with Crippen LogP contribution in [0.15, 0.2) is 60.6 Å². The van der Waals surface area contributed by atoms with Crippen molar-refractivity contribution in [3.05, 3.63) is 71.3 Å². The van der Waals surface area contributed by atoms with E-state index in [1.807, 2.05) is 36.5 Å². The number of carbonyl (C=O) groups excluding carboxylic acids is 2. The molecule has 0 saturated heterocycles. The first-order chi connectivity index (χ1) is 16.6. The summed E-state index contributed by atoms with van der Waals surface area (Å²) < 4.78 is 1.80. The van der Waals surface area contributed by atoms with Crippen molar-refractivity contribution in [2.75, 3.05) is 7.05 Å². The van der Waals surface area contributed by atoms with Gasteiger partial charge in [0.25, 0.3) is 5.91 Å². The van der Waals surface area contributed by atoms with Gasteiger partial charge in [-0.3, -0.25) is 14.6 Å². The van der Waals surface area contributed by atoms with Crippen molar-refractivity contribution in [2.24, 2.45) is 0 Å². The predicted molar refractivity (Wildman–Crippen MR) is 131 cm³/mol. The Balaban J connectivity index is 1.48. The third kappa shape index (κ3) is 5.96. The highest BCUT2D eigenvalue weighted by Gasteiger charge is 2.20. The van der Waals surface area contributed by atoms with Gasteiger partial charge in [-0.2, -0.15) is 5.10 Å². The summed E-state index contributed by atoms with van der Waals surface area (Å²) in [6.45, 7) is 0. The molecule has 3 N–H and O–H groups in total. The zero-order valence-electron chi connectivity index (χ0n) is 18.9. The molecule has 0 saturated carbocycles. The lowest BCUT2D eigenvalue weighted by Crippen LogP contribution is -2.28. The lowest BCUT2D eigenvalue weighted by molar-refractivity contribution is -0.120. The molecule has 0 unspecified atom stereocenters. The van der Waals surface area contributed by atoms with Gasteiger partial charge in [0.1, 0.15) is 10.7 Å². The van der Waals surface area contributed by atoms with E-state index in [1.165, 1.54) is 11.3 Å². The maximum Gasteiger partial charge on any atom is 0.263 e. The fourth-order valence-electron chi connectivity index (χ4n) is 3.67. The Kier molecular flexibility index (Phi) is 7.82. The van der Waals surface area contributed by atoms with Crippen LogP contribution in [0, 0.1) is 0 Å². The summed E-state index contributed by atoms with van der Waals surface area (Å²) in [7, 11) is 1.65. The highest BCUT2D eigenvalue weighted by atomic mass is 32.1. The predicted octanol–water partition coefficient (Wildman–Crippen LogP) is 3.89. The van der Waals surface area contributed by atoms with E-state index < -0.39 is 0 Å². The fraction of sp³-hybridized carbons (Fsp3) is 0.292. The molecule has 0 bridgehead atoms. The molecule has 0 aliphatic rings. The number of amides is 2. The van der Waals surface area contributed by atoms with Gasteiger partial charge in [0, 0.05) is 31.4 Å². The lowest BCUT2D eigenvalue weighted by Gasteiger charge is -2.16. The van der Waals surface area contributed by atoms with Crippen LogP contribution in [-0.4, -0.2) is 43.6 Å². The molecule has 0 spiro atoms. The molecular weight excluding hydrogens is 450 g/mol. The molecule has 1 atom stereocenters. The third-order valence-electron chi connectivity index (χ3n) is 5.49. The third-order valence-corrected chi connectivity index (χ3v) is 6.26. The highest BCUT2D eigenvalue weighted by molar-refractivity contribution is 7.11. The Morgan fingerprint density at radius 2 is 2.09 bits per heavy atom. The minimum Gasteiger partial charge on any atom is -0.359 e. The minimum absolute atomic E-state index is 0.0445. The number of hydrogen-bond acceptors (Lipinski definition) is 6. The van der Waals surface area contributed by atoms with E-state index in [1.54, 1.807) is 35.8 Å². The number of thiazole rings is 1. The quantitative estimate of drug-likeness (QED) is 0.283. The van der Waals surface area contributed by atoms with Crippen molar-refractivity contribution in [2.45, 2.75) is 38.1 Å². The molecule has 1 aromatic carbocycles. The first-order valence-corrected chi connectivity index (χ1v) is 12.1. The summed E-state index contributed by atoms with van der Waals surface area (Å²) in [4.78, 5) is 36.7. The molecule has 3 heterocycles. The fourth-order valence-corrected chi connectivity index (χ4v) is 4.19. The molecule has 0 radical (unpaired) electrons. The second-order valence-electron chi connectivity index (χ2n) is 7.85. The zero-order chi connectivity index (χ0) is 23.8. The monoisotopic (exact) mass is 477 g/mol. The Hall–Kier alpha value is -3.79. The molecule has 10 heteroatoms. The smallest absolute Gasteiger partial charge is 0.263 e. The molecule has 34 heavy (non-hydrogen) atoms. The van der Waals surface area contributed by atoms with Gasteiger partial charge in [-0.1, -0.05) is 25.0 Å². The summed E-state index contributed by atoms with van der Waals surface area (Å²) in [5, 5.41) is 10.0. The van der Waals surface area contributed by atoms with Crippen molar-refractivity contribution in [3.8, 4) is 16.9 Å². The maximum absolute atomic E-state index is 12.7. The van der Waals surface area contributed by atoms with E-state index in [0.29, 0.717) is 23.5 Å². The Bertz CT molecular complexity index is 1200. The van der Waals surface area contributed by atoms with Crippen LogP contribution < -0.4 is 10.6 Å². The van der Waals surface area contributed by atoms with Crippen molar-refractivity contribution in [1.82, 2.24) is 35.4 Å². The summed E-state index contributed by atoms with van der Waals surface area (Å²) in [5.74, 6) is 0.572. The number of imidazole rings is 1. The number of aromatic amines is 1. The topological polar surface area (TPSA) is 118 Å². The zero-order valence-corrected chi connectivity index (χ0v) is 19.7. The van der Waals surface area contributed by atoms with Gasteiger partial charge < -0.3 is 15.6 Å². The van der Waals surface area contributed by atoms with Crippen LogP contribution in [0.4, 0.5) is 0 Å². The molecule has 0 aliphatic carbocycles. The average Bonchev–Trinajstić information content (AvgIpc) is 3.65. The summed E-state index contributed by atoms with van der Waals surface area (Å²) in [6.07, 6.45) is 10.8. The number of H-pyrrole nitrogens is 1. The summed E-state index contributed by atoms with van der Waals surface area (Å²) in [6, 6.07) is 9.61. The van der Waals surface area contributed by atoms with Crippen LogP contribution in [0.5, 0.6) is 0 Å². The van der Waals surface area contributed by atoms with Crippen molar-refractivity contribution in [3.63, 3.8) is 0 Å². The van der Waals surface area contributed by atoms with Gasteiger partial charge in [0.05, 0.1) is 35.3 Å². The van der Waals surface area contributed by atoms with Crippen molar-refractivity contribution >= 4 is 23.2 Å². The van der Waals surface area contributed by atoms with Gasteiger partial charge in [-0.15, -0.1) is 11.3 Å². The Morgan fingerprint density at radius 1 is 1.18 bits per heavy atom. The number of hydrogen-bond donors (Lipinski definition) is 3. The summed E-state index contributed by atoms with van der Waals surface area (Å²) in [5.41, 5.74) is 4.43. The van der Waals surface area contributed by atoms with Gasteiger partial charge in [0.15, 0.2) is 0 Å². The maximum atomic E-state index is 12.7. The van der Waals surface area contributed by atoms with E-state index in [9.17, 15) is 9.59 Å². The second kappa shape index (κ2) is 11.4. The van der Waals surface area contributed by atoms with E-state index in [0.717, 1.165) is 36.2 Å². The van der Waals surface area contributed by atoms with Crippen LogP contribution in [0.25, 0.3) is 16.9 Å². The molecule has 0 aliphatic heterocycles. The molecule has 176 valence electrons. The van der Waals surface area contributed by atoms with E-state index in [-0.39, 0.29) is 17.9 Å². The van der Waals surface area contributed by atoms with Crippen LogP contribution in [-0.2, 0) is 4.79 Å². The number of nitrogens with zero attached hydrogens (tertiary/aromatic N) is 4. The van der Waals surface area contributed by atoms with Crippen LogP contribution in [0.3, 0.4) is 0 Å². The first kappa shape index (κ1) is 23.4. The normalized spacial score (nSPS) is 11.8. The Labute approximate surface area is 201 Å². The number of rotatable bonds is 11. The van der Waals surface area contributed by atoms with Crippen LogP contribution >= 0.6 is 11.3 Å². The van der Waals surface area contributed by atoms with Gasteiger partial charge in [-0.25, -0.2) is 9.67 Å². The number of unbranched alkanes of at least 4 members (excludes halogenated alkanes) is 2. The standard InChI is InChI=1S/C24H27N7O2S/c1-25-22(32)10-4-2-3-9-19(30-24(33)21-15-26-16-34-21)23-27-14-20(29-23)17-7-5-8-18(13-17)31-12-6-11-28-31/h5-8,11-16,19H,2-4,9-10H2,1H3,(H,25,32)(H,27,29)(H,30,33)/t19-/m0/s1. The number of nitrogens with one attached hydrogen (secondary N) is 3. The molecule has 4 rings (SSSR count). The van der Waals surface area contributed by atoms with Crippen molar-refractivity contribution in [1.29, 1.82) is 0 Å². The average molecular weight is 478 g/mol. The SMILES string of the molecule is CNC(=O)CCCCC[C@H](NC(=O)c1cncs1)c1ncc(-c2cccc(-n3cccn3)c2)[nH]1. The minimum atomic E-state index is -0.280. The second-order valence-corrected chi connectivity index (χ2v) is 8.73.